The predicted octanol–water partition coefficient (Wildman–Crippen LogP) is 3.36. The van der Waals surface area contributed by atoms with Gasteiger partial charge in [0.05, 0.1) is 11.6 Å². The van der Waals surface area contributed by atoms with Crippen LogP contribution in [0.15, 0.2) is 40.5 Å². The first kappa shape index (κ1) is 14.3. The molecule has 1 aliphatic rings. The number of nitrogens with zero attached hydrogens (tertiary/aromatic N) is 3. The molecule has 0 aliphatic heterocycles. The normalized spacial score (nSPS) is 14.5. The van der Waals surface area contributed by atoms with Crippen LogP contribution in [0.4, 0.5) is 4.39 Å². The summed E-state index contributed by atoms with van der Waals surface area (Å²) in [6.45, 7) is 0. The molecule has 1 aromatic carbocycles. The maximum atomic E-state index is 13.6. The Labute approximate surface area is 135 Å². The fourth-order valence-corrected chi connectivity index (χ4v) is 4.14. The van der Waals surface area contributed by atoms with Crippen LogP contribution in [0.2, 0.25) is 0 Å². The highest BCUT2D eigenvalue weighted by molar-refractivity contribution is 7.18. The average molecular weight is 327 g/mol. The summed E-state index contributed by atoms with van der Waals surface area (Å²) in [7, 11) is 0. The number of hydrogen-bond acceptors (Lipinski definition) is 4. The lowest BCUT2D eigenvalue weighted by Crippen LogP contribution is -2.18. The number of thiophene rings is 1. The molecule has 6 heteroatoms. The van der Waals surface area contributed by atoms with Crippen LogP contribution in [0.5, 0.6) is 0 Å². The molecule has 4 rings (SSSR count). The van der Waals surface area contributed by atoms with Crippen LogP contribution >= 0.6 is 11.3 Å². The highest BCUT2D eigenvalue weighted by Gasteiger charge is 2.19. The summed E-state index contributed by atoms with van der Waals surface area (Å²) in [4.78, 5) is 19.1. The number of fused-ring (bicyclic) bond motifs is 3. The molecule has 0 amide bonds. The number of aryl methyl sites for hydroxylation is 2. The summed E-state index contributed by atoms with van der Waals surface area (Å²) in [5.74, 6) is -0.369. The van der Waals surface area contributed by atoms with Crippen molar-refractivity contribution in [3.05, 3.63) is 62.8 Å². The van der Waals surface area contributed by atoms with Crippen LogP contribution in [-0.2, 0) is 12.8 Å². The summed E-state index contributed by atoms with van der Waals surface area (Å²) in [5, 5.41) is 4.78. The number of halogens is 1. The second kappa shape index (κ2) is 5.70. The molecule has 4 nitrogen and oxygen atoms in total. The minimum Gasteiger partial charge on any atom is -0.267 e. The smallest absolute Gasteiger partial charge is 0.267 e. The Kier molecular flexibility index (Phi) is 3.53. The summed E-state index contributed by atoms with van der Waals surface area (Å²) >= 11 is 1.60. The zero-order valence-corrected chi connectivity index (χ0v) is 13.1. The van der Waals surface area contributed by atoms with Crippen molar-refractivity contribution < 1.29 is 4.39 Å². The summed E-state index contributed by atoms with van der Waals surface area (Å²) in [6, 6.07) is 6.32. The van der Waals surface area contributed by atoms with Gasteiger partial charge in [-0.2, -0.15) is 9.78 Å². The Morgan fingerprint density at radius 1 is 1.26 bits per heavy atom. The maximum absolute atomic E-state index is 13.6. The summed E-state index contributed by atoms with van der Waals surface area (Å²) in [5.41, 5.74) is 1.29. The Morgan fingerprint density at radius 3 is 2.96 bits per heavy atom. The molecule has 0 saturated heterocycles. The lowest BCUT2D eigenvalue weighted by atomic mass is 9.97. The van der Waals surface area contributed by atoms with Gasteiger partial charge in [0, 0.05) is 10.4 Å². The fraction of sp³-hybridized carbons (Fsp3) is 0.235. The maximum Gasteiger partial charge on any atom is 0.282 e. The minimum absolute atomic E-state index is 0.179. The van der Waals surface area contributed by atoms with E-state index in [0.29, 0.717) is 10.9 Å². The van der Waals surface area contributed by atoms with Crippen molar-refractivity contribution in [2.75, 3.05) is 0 Å². The van der Waals surface area contributed by atoms with E-state index in [1.807, 2.05) is 0 Å². The van der Waals surface area contributed by atoms with Crippen LogP contribution in [-0.4, -0.2) is 15.9 Å². The Bertz CT molecular complexity index is 974. The van der Waals surface area contributed by atoms with E-state index in [9.17, 15) is 9.18 Å². The number of rotatable bonds is 2. The van der Waals surface area contributed by atoms with Gasteiger partial charge in [-0.1, -0.05) is 18.2 Å². The SMILES string of the molecule is O=c1c2c3c(sc2ncn1N=Cc1ccccc1F)CCCC3. The van der Waals surface area contributed by atoms with Gasteiger partial charge in [0.2, 0.25) is 0 Å². The molecule has 0 fully saturated rings. The van der Waals surface area contributed by atoms with E-state index in [-0.39, 0.29) is 11.4 Å². The third-order valence-electron chi connectivity index (χ3n) is 4.09. The Hall–Kier alpha value is -2.34. The van der Waals surface area contributed by atoms with Crippen molar-refractivity contribution in [2.24, 2.45) is 5.10 Å². The summed E-state index contributed by atoms with van der Waals surface area (Å²) < 4.78 is 14.8. The second-order valence-corrected chi connectivity index (χ2v) is 6.64. The van der Waals surface area contributed by atoms with Gasteiger partial charge in [-0.15, -0.1) is 11.3 Å². The molecule has 0 atom stereocenters. The van der Waals surface area contributed by atoms with Crippen LogP contribution in [0.1, 0.15) is 28.8 Å². The van der Waals surface area contributed by atoms with E-state index >= 15 is 0 Å². The standard InChI is InChI=1S/C17H14FN3OS/c18-13-7-3-1-5-11(13)9-20-21-10-19-16-15(17(21)22)12-6-2-4-8-14(12)23-16/h1,3,5,7,9-10H,2,4,6,8H2. The van der Waals surface area contributed by atoms with E-state index in [4.69, 9.17) is 0 Å². The molecule has 23 heavy (non-hydrogen) atoms. The van der Waals surface area contributed by atoms with Gasteiger partial charge in [-0.3, -0.25) is 4.79 Å². The topological polar surface area (TPSA) is 47.2 Å². The second-order valence-electron chi connectivity index (χ2n) is 5.55. The third-order valence-corrected chi connectivity index (χ3v) is 5.29. The van der Waals surface area contributed by atoms with E-state index in [0.717, 1.165) is 29.7 Å². The lowest BCUT2D eigenvalue weighted by Gasteiger charge is -2.09. The minimum atomic E-state index is -0.369. The van der Waals surface area contributed by atoms with Crippen LogP contribution < -0.4 is 5.56 Å². The fourth-order valence-electron chi connectivity index (χ4n) is 2.92. The molecular weight excluding hydrogens is 313 g/mol. The molecule has 0 saturated carbocycles. The Balaban J connectivity index is 1.81. The quantitative estimate of drug-likeness (QED) is 0.678. The molecule has 0 bridgehead atoms. The van der Waals surface area contributed by atoms with Gasteiger partial charge in [0.25, 0.3) is 5.56 Å². The molecule has 0 spiro atoms. The van der Waals surface area contributed by atoms with Crippen molar-refractivity contribution in [1.82, 2.24) is 9.66 Å². The number of hydrogen-bond donors (Lipinski definition) is 0. The first-order valence-electron chi connectivity index (χ1n) is 7.55. The van der Waals surface area contributed by atoms with E-state index in [2.05, 4.69) is 10.1 Å². The van der Waals surface area contributed by atoms with E-state index < -0.39 is 0 Å². The summed E-state index contributed by atoms with van der Waals surface area (Å²) in [6.07, 6.45) is 6.97. The first-order chi connectivity index (χ1) is 11.2. The van der Waals surface area contributed by atoms with Crippen molar-refractivity contribution in [1.29, 1.82) is 0 Å². The van der Waals surface area contributed by atoms with Crippen LogP contribution in [0, 0.1) is 5.82 Å². The monoisotopic (exact) mass is 327 g/mol. The van der Waals surface area contributed by atoms with E-state index in [1.54, 1.807) is 29.5 Å². The van der Waals surface area contributed by atoms with Crippen molar-refractivity contribution in [3.63, 3.8) is 0 Å². The molecule has 116 valence electrons. The third kappa shape index (κ3) is 2.49. The molecule has 0 unspecified atom stereocenters. The predicted molar refractivity (Wildman–Crippen MR) is 89.9 cm³/mol. The molecule has 3 aromatic rings. The zero-order chi connectivity index (χ0) is 15.8. The van der Waals surface area contributed by atoms with Crippen LogP contribution in [0.3, 0.4) is 0 Å². The van der Waals surface area contributed by atoms with Crippen molar-refractivity contribution >= 4 is 27.8 Å². The van der Waals surface area contributed by atoms with Crippen molar-refractivity contribution in [3.8, 4) is 0 Å². The van der Waals surface area contributed by atoms with Gasteiger partial charge < -0.3 is 0 Å². The average Bonchev–Trinajstić information content (AvgIpc) is 2.95. The van der Waals surface area contributed by atoms with Gasteiger partial charge in [0.15, 0.2) is 0 Å². The Morgan fingerprint density at radius 2 is 2.09 bits per heavy atom. The van der Waals surface area contributed by atoms with Gasteiger partial charge in [-0.05, 0) is 37.3 Å². The van der Waals surface area contributed by atoms with E-state index in [1.165, 1.54) is 34.6 Å². The largest absolute Gasteiger partial charge is 0.282 e. The number of benzene rings is 1. The lowest BCUT2D eigenvalue weighted by molar-refractivity contribution is 0.625. The number of aromatic nitrogens is 2. The molecule has 2 aromatic heterocycles. The molecule has 0 N–H and O–H groups in total. The van der Waals surface area contributed by atoms with Crippen LogP contribution in [0.25, 0.3) is 10.2 Å². The highest BCUT2D eigenvalue weighted by Crippen LogP contribution is 2.33. The highest BCUT2D eigenvalue weighted by atomic mass is 32.1. The van der Waals surface area contributed by atoms with Crippen molar-refractivity contribution in [2.45, 2.75) is 25.7 Å². The molecule has 2 heterocycles. The first-order valence-corrected chi connectivity index (χ1v) is 8.36. The van der Waals surface area contributed by atoms with Gasteiger partial charge >= 0.3 is 0 Å². The zero-order valence-electron chi connectivity index (χ0n) is 12.3. The van der Waals surface area contributed by atoms with Gasteiger partial charge in [0.1, 0.15) is 17.0 Å². The molecule has 1 aliphatic carbocycles. The molecular formula is C17H14FN3OS. The molecule has 0 radical (unpaired) electrons. The van der Waals surface area contributed by atoms with Gasteiger partial charge in [-0.25, -0.2) is 9.37 Å².